The average molecular weight is 256 g/mol. The van der Waals surface area contributed by atoms with Crippen LogP contribution >= 0.6 is 0 Å². The van der Waals surface area contributed by atoms with Gasteiger partial charge in [0.2, 0.25) is 0 Å². The molecule has 8 nitrogen and oxygen atoms in total. The highest BCUT2D eigenvalue weighted by Gasteiger charge is 1.90. The first-order chi connectivity index (χ1) is 8.11. The van der Waals surface area contributed by atoms with Crippen molar-refractivity contribution < 1.29 is 19.8 Å². The summed E-state index contributed by atoms with van der Waals surface area (Å²) >= 11 is 0. The summed E-state index contributed by atoms with van der Waals surface area (Å²) in [5.74, 6) is -1.87. The molecule has 0 amide bonds. The molecular weight excluding hydrogens is 240 g/mol. The quantitative estimate of drug-likeness (QED) is 0.327. The Bertz CT molecular complexity index is 302. The molecular formula is C10H16N4O4. The van der Waals surface area contributed by atoms with Crippen LogP contribution in [-0.2, 0) is 9.59 Å². The Labute approximate surface area is 104 Å². The van der Waals surface area contributed by atoms with Crippen LogP contribution < -0.4 is 0 Å². The number of nitrogens with one attached hydrogen (secondary N) is 4. The first-order valence-electron chi connectivity index (χ1n) is 4.06. The van der Waals surface area contributed by atoms with Gasteiger partial charge < -0.3 is 10.2 Å². The first kappa shape index (κ1) is 24.4. The summed E-state index contributed by atoms with van der Waals surface area (Å²) < 4.78 is 0. The van der Waals surface area contributed by atoms with Crippen LogP contribution in [0.5, 0.6) is 0 Å². The van der Waals surface area contributed by atoms with Crippen molar-refractivity contribution >= 4 is 24.0 Å². The highest BCUT2D eigenvalue weighted by molar-refractivity contribution is 5.85. The van der Waals surface area contributed by atoms with E-state index in [-0.39, 0.29) is 11.1 Å². The van der Waals surface area contributed by atoms with E-state index in [0.717, 1.165) is 0 Å². The third kappa shape index (κ3) is 72.9. The molecule has 0 heterocycles. The molecule has 8 heteroatoms. The maximum Gasteiger partial charge on any atom is 0.330 e. The molecule has 0 unspecified atom stereocenters. The lowest BCUT2D eigenvalue weighted by molar-refractivity contribution is -0.133. The molecule has 0 aliphatic rings. The van der Waals surface area contributed by atoms with Gasteiger partial charge in [0.15, 0.2) is 0 Å². The Kier molecular flexibility index (Phi) is 26.7. The molecule has 6 N–H and O–H groups in total. The highest BCUT2D eigenvalue weighted by atomic mass is 16.4. The fourth-order valence-electron chi connectivity index (χ4n) is 0. The lowest BCUT2D eigenvalue weighted by Crippen LogP contribution is -1.92. The summed E-state index contributed by atoms with van der Waals surface area (Å²) in [5.41, 5.74) is 0.352. The van der Waals surface area contributed by atoms with Crippen LogP contribution in [0.3, 0.4) is 0 Å². The largest absolute Gasteiger partial charge is 0.478 e. The summed E-state index contributed by atoms with van der Waals surface area (Å²) in [6, 6.07) is 2.50. The average Bonchev–Trinajstić information content (AvgIpc) is 2.20. The van der Waals surface area contributed by atoms with Crippen molar-refractivity contribution in [3.63, 3.8) is 0 Å². The number of carboxylic acid groups (broad SMARTS) is 2. The monoisotopic (exact) mass is 256 g/mol. The van der Waals surface area contributed by atoms with E-state index in [9.17, 15) is 9.59 Å². The van der Waals surface area contributed by atoms with Gasteiger partial charge in [0.05, 0.1) is 12.0 Å². The molecule has 0 aliphatic carbocycles. The summed E-state index contributed by atoms with van der Waals surface area (Å²) in [7, 11) is 0. The van der Waals surface area contributed by atoms with Crippen LogP contribution in [0.2, 0.25) is 0 Å². The van der Waals surface area contributed by atoms with Gasteiger partial charge in [-0.1, -0.05) is 13.2 Å². The van der Waals surface area contributed by atoms with Gasteiger partial charge in [-0.15, -0.1) is 0 Å². The third-order valence-electron chi connectivity index (χ3n) is 0.730. The van der Waals surface area contributed by atoms with Crippen LogP contribution in [0.25, 0.3) is 0 Å². The third-order valence-corrected chi connectivity index (χ3v) is 0.730. The Balaban J connectivity index is -0.0000000770. The second-order valence-corrected chi connectivity index (χ2v) is 2.42. The fraction of sp³-hybridized carbons (Fsp3) is 0.200. The molecule has 0 aromatic carbocycles. The minimum atomic E-state index is -0.935. The molecule has 0 fully saturated rings. The van der Waals surface area contributed by atoms with Crippen LogP contribution in [0.1, 0.15) is 13.8 Å². The Hall–Kier alpha value is -2.82. The topological polar surface area (TPSA) is 170 Å². The normalized spacial score (nSPS) is 5.89. The van der Waals surface area contributed by atoms with E-state index in [2.05, 4.69) is 13.2 Å². The van der Waals surface area contributed by atoms with Gasteiger partial charge in [-0.05, 0) is 13.8 Å². The maximum absolute atomic E-state index is 9.60. The van der Waals surface area contributed by atoms with Crippen molar-refractivity contribution in [3.05, 3.63) is 24.3 Å². The van der Waals surface area contributed by atoms with Crippen LogP contribution in [0, 0.1) is 21.6 Å². The molecule has 0 spiro atoms. The molecule has 100 valence electrons. The molecule has 0 aromatic heterocycles. The van der Waals surface area contributed by atoms with Crippen LogP contribution in [-0.4, -0.2) is 34.2 Å². The number of rotatable bonds is 2. The minimum absolute atomic E-state index is 0.176. The van der Waals surface area contributed by atoms with E-state index in [0.29, 0.717) is 0 Å². The van der Waals surface area contributed by atoms with Crippen LogP contribution in [0.15, 0.2) is 24.3 Å². The molecule has 0 saturated heterocycles. The Morgan fingerprint density at radius 3 is 0.889 bits per heavy atom. The second kappa shape index (κ2) is 19.7. The van der Waals surface area contributed by atoms with E-state index in [1.807, 2.05) is 0 Å². The predicted molar refractivity (Wildman–Crippen MR) is 65.8 cm³/mol. The standard InChI is InChI=1S/2C4H6O2.2CH2N2/c2*1-3(2)4(5)6;2*2-1-3/h2*1H2,2H3,(H,5,6);2*2-3H. The number of hydrogen-bond donors (Lipinski definition) is 6. The second-order valence-electron chi connectivity index (χ2n) is 2.42. The van der Waals surface area contributed by atoms with Crippen molar-refractivity contribution in [2.75, 3.05) is 0 Å². The van der Waals surface area contributed by atoms with E-state index >= 15 is 0 Å². The van der Waals surface area contributed by atoms with Gasteiger partial charge in [-0.3, -0.25) is 0 Å². The van der Waals surface area contributed by atoms with Gasteiger partial charge in [0.25, 0.3) is 0 Å². The summed E-state index contributed by atoms with van der Waals surface area (Å²) in [6.45, 7) is 9.20. The molecule has 0 rings (SSSR count). The number of hydrogen-bond acceptors (Lipinski definition) is 6. The molecule has 0 aliphatic heterocycles. The summed E-state index contributed by atoms with van der Waals surface area (Å²) in [6.07, 6.45) is 0. The van der Waals surface area contributed by atoms with Crippen molar-refractivity contribution in [2.45, 2.75) is 13.8 Å². The molecule has 0 bridgehead atoms. The number of aliphatic carboxylic acids is 2. The molecule has 0 aromatic rings. The van der Waals surface area contributed by atoms with E-state index in [4.69, 9.17) is 31.9 Å². The molecule has 0 atom stereocenters. The van der Waals surface area contributed by atoms with E-state index < -0.39 is 11.9 Å². The zero-order valence-electron chi connectivity index (χ0n) is 10.1. The van der Waals surface area contributed by atoms with Gasteiger partial charge in [0, 0.05) is 11.1 Å². The van der Waals surface area contributed by atoms with E-state index in [1.54, 1.807) is 0 Å². The predicted octanol–water partition coefficient (Wildman–Crippen LogP) is 1.93. The van der Waals surface area contributed by atoms with Crippen LogP contribution in [0.4, 0.5) is 0 Å². The van der Waals surface area contributed by atoms with Gasteiger partial charge in [-0.2, -0.15) is 0 Å². The summed E-state index contributed by atoms with van der Waals surface area (Å²) in [5, 5.41) is 38.3. The van der Waals surface area contributed by atoms with Crippen molar-refractivity contribution in [3.8, 4) is 0 Å². The minimum Gasteiger partial charge on any atom is -0.478 e. The number of carboxylic acids is 2. The van der Waals surface area contributed by atoms with Crippen molar-refractivity contribution in [2.24, 2.45) is 0 Å². The lowest BCUT2D eigenvalue weighted by Gasteiger charge is -1.79. The van der Waals surface area contributed by atoms with E-state index in [1.165, 1.54) is 25.9 Å². The number of carbonyl (C=O) groups is 2. The Morgan fingerprint density at radius 2 is 0.889 bits per heavy atom. The van der Waals surface area contributed by atoms with Crippen molar-refractivity contribution in [1.29, 1.82) is 21.6 Å². The zero-order chi connectivity index (χ0) is 15.7. The SMILES string of the molecule is C=C(C)C(=O)O.C=C(C)C(=O)O.N=C=N.N=C=N. The van der Waals surface area contributed by atoms with Gasteiger partial charge in [0.1, 0.15) is 0 Å². The maximum atomic E-state index is 9.60. The van der Waals surface area contributed by atoms with Gasteiger partial charge in [-0.25, -0.2) is 31.2 Å². The van der Waals surface area contributed by atoms with Crippen molar-refractivity contribution in [1.82, 2.24) is 0 Å². The smallest absolute Gasteiger partial charge is 0.330 e. The first-order valence-corrected chi connectivity index (χ1v) is 4.06. The zero-order valence-corrected chi connectivity index (χ0v) is 10.1. The molecule has 0 radical (unpaired) electrons. The lowest BCUT2D eigenvalue weighted by atomic mass is 10.4. The molecule has 0 saturated carbocycles. The molecule has 18 heavy (non-hydrogen) atoms. The fourth-order valence-corrected chi connectivity index (χ4v) is 0. The summed E-state index contributed by atoms with van der Waals surface area (Å²) in [4.78, 5) is 19.2. The van der Waals surface area contributed by atoms with Gasteiger partial charge >= 0.3 is 11.9 Å². The Morgan fingerprint density at radius 1 is 0.833 bits per heavy atom. The highest BCUT2D eigenvalue weighted by Crippen LogP contribution is 1.81.